The number of carbonyl (C=O) groups is 2. The van der Waals surface area contributed by atoms with Gasteiger partial charge in [0.1, 0.15) is 36.6 Å². The molecule has 0 saturated carbocycles. The first-order chi connectivity index (χ1) is 19.4. The van der Waals surface area contributed by atoms with Crippen LogP contribution in [0.4, 0.5) is 13.6 Å². The molecule has 0 fully saturated rings. The second-order valence-corrected chi connectivity index (χ2v) is 9.39. The van der Waals surface area contributed by atoms with Gasteiger partial charge >= 0.3 is 12.1 Å². The first kappa shape index (κ1) is 26.9. The Morgan fingerprint density at radius 1 is 0.850 bits per heavy atom. The Kier molecular flexibility index (Phi) is 8.05. The van der Waals surface area contributed by atoms with Crippen LogP contribution in [0.3, 0.4) is 0 Å². The van der Waals surface area contributed by atoms with Crippen molar-refractivity contribution in [2.45, 2.75) is 25.0 Å². The minimum atomic E-state index is -1.37. The SMILES string of the molecule is COC(=O)[C@H](Cc1c(F)cc(OCc2ccccc2)cc1F)NC(=O)OCC1c2ccccc2-c2ccccc21. The predicted octanol–water partition coefficient (Wildman–Crippen LogP) is 6.17. The van der Waals surface area contributed by atoms with Gasteiger partial charge in [0.2, 0.25) is 0 Å². The van der Waals surface area contributed by atoms with Crippen LogP contribution in [0.2, 0.25) is 0 Å². The molecule has 1 N–H and O–H groups in total. The molecule has 1 aliphatic rings. The van der Waals surface area contributed by atoms with E-state index in [4.69, 9.17) is 14.2 Å². The molecule has 1 atom stereocenters. The molecule has 40 heavy (non-hydrogen) atoms. The Balaban J connectivity index is 1.25. The van der Waals surface area contributed by atoms with Crippen molar-refractivity contribution in [1.82, 2.24) is 5.32 Å². The fourth-order valence-electron chi connectivity index (χ4n) is 4.92. The molecule has 204 valence electrons. The van der Waals surface area contributed by atoms with E-state index in [1.54, 1.807) is 0 Å². The fourth-order valence-corrected chi connectivity index (χ4v) is 4.92. The smallest absolute Gasteiger partial charge is 0.407 e. The number of halogens is 2. The number of ether oxygens (including phenoxy) is 3. The number of nitrogens with one attached hydrogen (secondary N) is 1. The molecule has 0 unspecified atom stereocenters. The summed E-state index contributed by atoms with van der Waals surface area (Å²) in [7, 11) is 1.13. The molecule has 0 aliphatic heterocycles. The van der Waals surface area contributed by atoms with Crippen molar-refractivity contribution in [2.75, 3.05) is 13.7 Å². The van der Waals surface area contributed by atoms with E-state index in [1.165, 1.54) is 0 Å². The Hall–Kier alpha value is -4.72. The standard InChI is InChI=1S/C32H27F2NO5/c1-38-31(36)30(17-26-28(33)15-21(16-29(26)34)39-18-20-9-3-2-4-10-20)35-32(37)40-19-27-24-13-7-5-11-22(24)23-12-6-8-14-25(23)27/h2-16,27,30H,17-19H2,1H3,(H,35,37)/t30-/m0/s1. The van der Waals surface area contributed by atoms with E-state index in [1.807, 2.05) is 78.9 Å². The molecule has 0 bridgehead atoms. The van der Waals surface area contributed by atoms with Crippen molar-refractivity contribution in [2.24, 2.45) is 0 Å². The first-order valence-electron chi connectivity index (χ1n) is 12.8. The number of esters is 1. The maximum absolute atomic E-state index is 14.9. The van der Waals surface area contributed by atoms with Crippen LogP contribution in [0.25, 0.3) is 11.1 Å². The van der Waals surface area contributed by atoms with Crippen molar-refractivity contribution in [3.63, 3.8) is 0 Å². The summed E-state index contributed by atoms with van der Waals surface area (Å²) < 4.78 is 45.6. The van der Waals surface area contributed by atoms with Gasteiger partial charge in [-0.25, -0.2) is 18.4 Å². The molecule has 0 spiro atoms. The minimum Gasteiger partial charge on any atom is -0.489 e. The molecule has 1 aliphatic carbocycles. The number of fused-ring (bicyclic) bond motifs is 3. The van der Waals surface area contributed by atoms with Crippen LogP contribution in [0.5, 0.6) is 5.75 Å². The fraction of sp³-hybridized carbons (Fsp3) is 0.188. The zero-order valence-corrected chi connectivity index (χ0v) is 21.7. The van der Waals surface area contributed by atoms with Gasteiger partial charge in [0.05, 0.1) is 7.11 Å². The Morgan fingerprint density at radius 2 is 1.43 bits per heavy atom. The highest BCUT2D eigenvalue weighted by Crippen LogP contribution is 2.44. The van der Waals surface area contributed by atoms with Crippen molar-refractivity contribution >= 4 is 12.1 Å². The average Bonchev–Trinajstić information content (AvgIpc) is 3.30. The normalized spacial score (nSPS) is 12.7. The quantitative estimate of drug-likeness (QED) is 0.256. The number of benzene rings is 4. The first-order valence-corrected chi connectivity index (χ1v) is 12.8. The number of carbonyl (C=O) groups excluding carboxylic acids is 2. The summed E-state index contributed by atoms with van der Waals surface area (Å²) in [6.07, 6.45) is -1.38. The third-order valence-corrected chi connectivity index (χ3v) is 6.89. The zero-order chi connectivity index (χ0) is 28.1. The molecule has 0 heterocycles. The molecule has 0 aromatic heterocycles. The second kappa shape index (κ2) is 12.0. The maximum atomic E-state index is 14.9. The predicted molar refractivity (Wildman–Crippen MR) is 145 cm³/mol. The van der Waals surface area contributed by atoms with Crippen LogP contribution in [0.15, 0.2) is 91.0 Å². The third-order valence-electron chi connectivity index (χ3n) is 6.89. The minimum absolute atomic E-state index is 0.00159. The summed E-state index contributed by atoms with van der Waals surface area (Å²) in [5.74, 6) is -2.87. The summed E-state index contributed by atoms with van der Waals surface area (Å²) in [6, 6.07) is 25.6. The molecule has 6 nitrogen and oxygen atoms in total. The highest BCUT2D eigenvalue weighted by molar-refractivity contribution is 5.82. The molecule has 0 saturated heterocycles. The molecule has 4 aromatic rings. The van der Waals surface area contributed by atoms with Gasteiger partial charge in [-0.1, -0.05) is 78.9 Å². The molecule has 5 rings (SSSR count). The van der Waals surface area contributed by atoms with Gasteiger partial charge in [-0.3, -0.25) is 0 Å². The van der Waals surface area contributed by atoms with E-state index in [9.17, 15) is 18.4 Å². The van der Waals surface area contributed by atoms with Gasteiger partial charge in [0, 0.05) is 30.0 Å². The van der Waals surface area contributed by atoms with Crippen LogP contribution < -0.4 is 10.1 Å². The van der Waals surface area contributed by atoms with Crippen molar-refractivity contribution in [3.8, 4) is 16.9 Å². The maximum Gasteiger partial charge on any atom is 0.407 e. The highest BCUT2D eigenvalue weighted by Gasteiger charge is 2.30. The van der Waals surface area contributed by atoms with E-state index in [2.05, 4.69) is 5.32 Å². The van der Waals surface area contributed by atoms with Crippen molar-refractivity contribution in [3.05, 3.63) is 125 Å². The third kappa shape index (κ3) is 5.81. The molecular formula is C32H27F2NO5. The Bertz CT molecular complexity index is 1460. The summed E-state index contributed by atoms with van der Waals surface area (Å²) >= 11 is 0. The van der Waals surface area contributed by atoms with E-state index in [-0.39, 0.29) is 30.4 Å². The molecule has 0 radical (unpaired) electrons. The number of methoxy groups -OCH3 is 1. The van der Waals surface area contributed by atoms with Crippen LogP contribution in [0, 0.1) is 11.6 Å². The summed E-state index contributed by atoms with van der Waals surface area (Å²) in [5, 5.41) is 2.40. The summed E-state index contributed by atoms with van der Waals surface area (Å²) in [5.41, 5.74) is 4.65. The molecular weight excluding hydrogens is 516 g/mol. The monoisotopic (exact) mass is 543 g/mol. The number of rotatable bonds is 9. The zero-order valence-electron chi connectivity index (χ0n) is 21.7. The lowest BCUT2D eigenvalue weighted by Gasteiger charge is -2.19. The van der Waals surface area contributed by atoms with Crippen molar-refractivity contribution in [1.29, 1.82) is 0 Å². The van der Waals surface area contributed by atoms with Crippen molar-refractivity contribution < 1.29 is 32.6 Å². The van der Waals surface area contributed by atoms with Gasteiger partial charge in [0.25, 0.3) is 0 Å². The van der Waals surface area contributed by atoms with Crippen LogP contribution in [-0.2, 0) is 27.3 Å². The van der Waals surface area contributed by atoms with Gasteiger partial charge in [0.15, 0.2) is 0 Å². The van der Waals surface area contributed by atoms with Gasteiger partial charge in [-0.15, -0.1) is 0 Å². The van der Waals surface area contributed by atoms with Gasteiger partial charge in [-0.05, 0) is 27.8 Å². The number of alkyl carbamates (subject to hydrolysis) is 1. The summed E-state index contributed by atoms with van der Waals surface area (Å²) in [6.45, 7) is 0.150. The highest BCUT2D eigenvalue weighted by atomic mass is 19.1. The lowest BCUT2D eigenvalue weighted by Crippen LogP contribution is -2.44. The molecule has 1 amide bonds. The average molecular weight is 544 g/mol. The van der Waals surface area contributed by atoms with E-state index in [0.717, 1.165) is 47.1 Å². The largest absolute Gasteiger partial charge is 0.489 e. The number of amides is 1. The number of hydrogen-bond donors (Lipinski definition) is 1. The van der Waals surface area contributed by atoms with Crippen LogP contribution in [-0.4, -0.2) is 31.8 Å². The number of hydrogen-bond acceptors (Lipinski definition) is 5. The lowest BCUT2D eigenvalue weighted by molar-refractivity contribution is -0.143. The van der Waals surface area contributed by atoms with Gasteiger partial charge < -0.3 is 19.5 Å². The molecule has 8 heteroatoms. The molecule has 4 aromatic carbocycles. The topological polar surface area (TPSA) is 73.9 Å². The van der Waals surface area contributed by atoms with E-state index in [0.29, 0.717) is 0 Å². The Morgan fingerprint density at radius 3 is 2.02 bits per heavy atom. The second-order valence-electron chi connectivity index (χ2n) is 9.39. The summed E-state index contributed by atoms with van der Waals surface area (Å²) in [4.78, 5) is 25.2. The van der Waals surface area contributed by atoms with E-state index < -0.39 is 36.2 Å². The Labute approximate surface area is 230 Å². The van der Waals surface area contributed by atoms with E-state index >= 15 is 0 Å². The lowest BCUT2D eigenvalue weighted by atomic mass is 9.98. The van der Waals surface area contributed by atoms with Gasteiger partial charge in [-0.2, -0.15) is 0 Å². The van der Waals surface area contributed by atoms with Crippen LogP contribution in [0.1, 0.15) is 28.2 Å². The van der Waals surface area contributed by atoms with Crippen LogP contribution >= 0.6 is 0 Å².